The summed E-state index contributed by atoms with van der Waals surface area (Å²) in [5.41, 5.74) is 0. The molecule has 1 rings (SSSR count). The highest BCUT2D eigenvalue weighted by atomic mass is 16.5. The van der Waals surface area contributed by atoms with Gasteiger partial charge >= 0.3 is 5.97 Å². The minimum atomic E-state index is -0.293. The third kappa shape index (κ3) is 5.16. The van der Waals surface area contributed by atoms with Crippen LogP contribution in [0.4, 0.5) is 0 Å². The lowest BCUT2D eigenvalue weighted by Crippen LogP contribution is -2.40. The Kier molecular flexibility index (Phi) is 6.80. The minimum absolute atomic E-state index is 0.0412. The molecule has 0 aromatic heterocycles. The average molecular weight is 272 g/mol. The number of carbonyl (C=O) groups is 2. The number of methoxy groups -OCH3 is 2. The first-order valence-corrected chi connectivity index (χ1v) is 6.61. The Morgan fingerprint density at radius 3 is 2.58 bits per heavy atom. The molecule has 1 heterocycles. The Morgan fingerprint density at radius 2 is 2.05 bits per heavy atom. The number of likely N-dealkylation sites (tertiary alicyclic amines) is 1. The third-order valence-electron chi connectivity index (χ3n) is 3.43. The molecule has 6 heteroatoms. The number of esters is 1. The average Bonchev–Trinajstić information content (AvgIpc) is 2.84. The van der Waals surface area contributed by atoms with Gasteiger partial charge < -0.3 is 19.3 Å². The molecule has 6 nitrogen and oxygen atoms in total. The van der Waals surface area contributed by atoms with Crippen molar-refractivity contribution in [1.82, 2.24) is 9.80 Å². The number of hydrogen-bond acceptors (Lipinski definition) is 5. The highest BCUT2D eigenvalue weighted by molar-refractivity contribution is 5.80. The quantitative estimate of drug-likeness (QED) is 0.609. The molecular formula is C13H24N2O4. The maximum atomic E-state index is 12.4. The predicted octanol–water partition coefficient (Wildman–Crippen LogP) is -0.0238. The lowest BCUT2D eigenvalue weighted by molar-refractivity contribution is -0.142. The molecule has 0 bridgehead atoms. The van der Waals surface area contributed by atoms with Gasteiger partial charge in [-0.05, 0) is 20.0 Å². The van der Waals surface area contributed by atoms with Gasteiger partial charge in [-0.3, -0.25) is 9.59 Å². The molecular weight excluding hydrogens is 248 g/mol. The monoisotopic (exact) mass is 272 g/mol. The van der Waals surface area contributed by atoms with Crippen molar-refractivity contribution in [2.24, 2.45) is 5.92 Å². The van der Waals surface area contributed by atoms with E-state index in [2.05, 4.69) is 9.64 Å². The van der Waals surface area contributed by atoms with Gasteiger partial charge in [0.05, 0.1) is 26.1 Å². The molecule has 0 spiro atoms. The number of amides is 1. The van der Waals surface area contributed by atoms with E-state index in [0.29, 0.717) is 19.7 Å². The highest BCUT2D eigenvalue weighted by Crippen LogP contribution is 2.17. The van der Waals surface area contributed by atoms with Crippen LogP contribution in [0.1, 0.15) is 12.8 Å². The summed E-state index contributed by atoms with van der Waals surface area (Å²) >= 11 is 0. The van der Waals surface area contributed by atoms with Gasteiger partial charge in [0.25, 0.3) is 0 Å². The van der Waals surface area contributed by atoms with Crippen LogP contribution in [-0.4, -0.2) is 75.7 Å². The molecule has 1 aliphatic heterocycles. The van der Waals surface area contributed by atoms with Gasteiger partial charge in [0, 0.05) is 26.7 Å². The van der Waals surface area contributed by atoms with Crippen molar-refractivity contribution >= 4 is 11.9 Å². The predicted molar refractivity (Wildman–Crippen MR) is 70.7 cm³/mol. The SMILES string of the molecule is COCCN(CCC(=O)OC)C(=O)C1CCN(C)C1. The second kappa shape index (κ2) is 8.12. The molecule has 1 saturated heterocycles. The lowest BCUT2D eigenvalue weighted by atomic mass is 10.1. The summed E-state index contributed by atoms with van der Waals surface area (Å²) in [4.78, 5) is 27.4. The van der Waals surface area contributed by atoms with E-state index in [4.69, 9.17) is 4.74 Å². The summed E-state index contributed by atoms with van der Waals surface area (Å²) in [6.45, 7) is 3.14. The first-order valence-electron chi connectivity index (χ1n) is 6.61. The van der Waals surface area contributed by atoms with Crippen molar-refractivity contribution in [1.29, 1.82) is 0 Å². The summed E-state index contributed by atoms with van der Waals surface area (Å²) in [6.07, 6.45) is 1.12. The molecule has 0 radical (unpaired) electrons. The van der Waals surface area contributed by atoms with Crippen molar-refractivity contribution in [3.8, 4) is 0 Å². The van der Waals surface area contributed by atoms with Crippen LogP contribution in [0, 0.1) is 5.92 Å². The lowest BCUT2D eigenvalue weighted by Gasteiger charge is -2.25. The van der Waals surface area contributed by atoms with Crippen molar-refractivity contribution < 1.29 is 19.1 Å². The fourth-order valence-electron chi connectivity index (χ4n) is 2.26. The molecule has 0 saturated carbocycles. The highest BCUT2D eigenvalue weighted by Gasteiger charge is 2.29. The van der Waals surface area contributed by atoms with Gasteiger partial charge in [-0.15, -0.1) is 0 Å². The number of rotatable bonds is 7. The van der Waals surface area contributed by atoms with E-state index < -0.39 is 0 Å². The van der Waals surface area contributed by atoms with Crippen molar-refractivity contribution in [3.63, 3.8) is 0 Å². The summed E-state index contributed by atoms with van der Waals surface area (Å²) in [7, 11) is 4.98. The zero-order valence-electron chi connectivity index (χ0n) is 12.1. The molecule has 1 amide bonds. The molecule has 0 aromatic rings. The van der Waals surface area contributed by atoms with Gasteiger partial charge in [0.1, 0.15) is 0 Å². The first kappa shape index (κ1) is 15.9. The van der Waals surface area contributed by atoms with E-state index in [0.717, 1.165) is 19.5 Å². The van der Waals surface area contributed by atoms with E-state index in [1.165, 1.54) is 7.11 Å². The minimum Gasteiger partial charge on any atom is -0.469 e. The molecule has 110 valence electrons. The molecule has 1 unspecified atom stereocenters. The molecule has 0 N–H and O–H groups in total. The Labute approximate surface area is 114 Å². The first-order chi connectivity index (χ1) is 9.08. The summed E-state index contributed by atoms with van der Waals surface area (Å²) in [6, 6.07) is 0. The fraction of sp³-hybridized carbons (Fsp3) is 0.846. The maximum absolute atomic E-state index is 12.4. The fourth-order valence-corrected chi connectivity index (χ4v) is 2.26. The van der Waals surface area contributed by atoms with Crippen molar-refractivity contribution in [3.05, 3.63) is 0 Å². The Morgan fingerprint density at radius 1 is 1.32 bits per heavy atom. The molecule has 1 fully saturated rings. The summed E-state index contributed by atoms with van der Waals surface area (Å²) in [5, 5.41) is 0. The number of ether oxygens (including phenoxy) is 2. The van der Waals surface area contributed by atoms with E-state index in [9.17, 15) is 9.59 Å². The number of nitrogens with zero attached hydrogens (tertiary/aromatic N) is 2. The van der Waals surface area contributed by atoms with Crippen LogP contribution in [0.2, 0.25) is 0 Å². The van der Waals surface area contributed by atoms with E-state index in [-0.39, 0.29) is 24.2 Å². The third-order valence-corrected chi connectivity index (χ3v) is 3.43. The van der Waals surface area contributed by atoms with Crippen LogP contribution < -0.4 is 0 Å². The summed E-state index contributed by atoms with van der Waals surface area (Å²) in [5.74, 6) is -0.136. The van der Waals surface area contributed by atoms with Crippen LogP contribution in [0.15, 0.2) is 0 Å². The normalized spacial score (nSPS) is 19.4. The molecule has 19 heavy (non-hydrogen) atoms. The zero-order chi connectivity index (χ0) is 14.3. The van der Waals surface area contributed by atoms with Crippen LogP contribution in [0.3, 0.4) is 0 Å². The van der Waals surface area contributed by atoms with Crippen LogP contribution in [-0.2, 0) is 19.1 Å². The Bertz CT molecular complexity index is 309. The number of hydrogen-bond donors (Lipinski definition) is 0. The van der Waals surface area contributed by atoms with Crippen molar-refractivity contribution in [2.45, 2.75) is 12.8 Å². The largest absolute Gasteiger partial charge is 0.469 e. The van der Waals surface area contributed by atoms with Gasteiger partial charge in [-0.25, -0.2) is 0 Å². The Hall–Kier alpha value is -1.14. The molecule has 0 aromatic carbocycles. The zero-order valence-corrected chi connectivity index (χ0v) is 12.1. The molecule has 0 aliphatic carbocycles. The van der Waals surface area contributed by atoms with E-state index in [1.807, 2.05) is 7.05 Å². The second-order valence-corrected chi connectivity index (χ2v) is 4.89. The van der Waals surface area contributed by atoms with Gasteiger partial charge in [0.15, 0.2) is 0 Å². The van der Waals surface area contributed by atoms with Gasteiger partial charge in [0.2, 0.25) is 5.91 Å². The van der Waals surface area contributed by atoms with E-state index in [1.54, 1.807) is 12.0 Å². The van der Waals surface area contributed by atoms with Crippen LogP contribution in [0.5, 0.6) is 0 Å². The van der Waals surface area contributed by atoms with Gasteiger partial charge in [-0.1, -0.05) is 0 Å². The number of carbonyl (C=O) groups excluding carboxylic acids is 2. The van der Waals surface area contributed by atoms with E-state index >= 15 is 0 Å². The Balaban J connectivity index is 2.51. The topological polar surface area (TPSA) is 59.1 Å². The standard InChI is InChI=1S/C13H24N2O4/c1-14-6-4-11(10-14)13(17)15(8-9-18-2)7-5-12(16)19-3/h11H,4-10H2,1-3H3. The summed E-state index contributed by atoms with van der Waals surface area (Å²) < 4.78 is 9.63. The molecule has 1 aliphatic rings. The van der Waals surface area contributed by atoms with Gasteiger partial charge in [-0.2, -0.15) is 0 Å². The smallest absolute Gasteiger partial charge is 0.307 e. The molecule has 1 atom stereocenters. The second-order valence-electron chi connectivity index (χ2n) is 4.89. The van der Waals surface area contributed by atoms with Crippen LogP contribution in [0.25, 0.3) is 0 Å². The van der Waals surface area contributed by atoms with Crippen molar-refractivity contribution in [2.75, 3.05) is 54.1 Å². The van der Waals surface area contributed by atoms with Crippen LogP contribution >= 0.6 is 0 Å². The maximum Gasteiger partial charge on any atom is 0.307 e.